The second-order valence-electron chi connectivity index (χ2n) is 7.39. The number of non-ortho nitro benzene ring substituents is 1. The fourth-order valence-corrected chi connectivity index (χ4v) is 3.58. The van der Waals surface area contributed by atoms with Gasteiger partial charge in [-0.15, -0.1) is 0 Å². The average molecular weight is 425 g/mol. The van der Waals surface area contributed by atoms with Crippen molar-refractivity contribution in [3.8, 4) is 11.4 Å². The molecule has 2 aromatic carbocycles. The summed E-state index contributed by atoms with van der Waals surface area (Å²) in [5, 5.41) is 17.6. The van der Waals surface area contributed by atoms with E-state index in [4.69, 9.17) is 4.52 Å². The van der Waals surface area contributed by atoms with E-state index < -0.39 is 4.92 Å². The summed E-state index contributed by atoms with van der Waals surface area (Å²) < 4.78 is 18.4. The van der Waals surface area contributed by atoms with Crippen molar-refractivity contribution < 1.29 is 18.6 Å². The number of benzene rings is 2. The molecule has 0 radical (unpaired) electrons. The largest absolute Gasteiger partial charge is 0.338 e. The monoisotopic (exact) mass is 425 g/mol. The number of anilines is 1. The molecule has 0 bridgehead atoms. The number of hydrogen-bond acceptors (Lipinski definition) is 7. The third-order valence-corrected chi connectivity index (χ3v) is 5.13. The van der Waals surface area contributed by atoms with Gasteiger partial charge in [0.15, 0.2) is 0 Å². The van der Waals surface area contributed by atoms with Crippen LogP contribution in [0.5, 0.6) is 0 Å². The standard InChI is InChI=1S/C21H20FN5O4/c22-16-8-6-14(7-9-16)20-24-19(31-25-20)13-26-10-2-3-15(12-26)21(28)23-17-4-1-5-18(11-17)27(29)30/h1,4-9,11,15H,2-3,10,12-13H2,(H,23,28). The van der Waals surface area contributed by atoms with Crippen LogP contribution in [0.25, 0.3) is 11.4 Å². The van der Waals surface area contributed by atoms with Gasteiger partial charge in [-0.2, -0.15) is 4.98 Å². The molecule has 1 aromatic heterocycles. The Morgan fingerprint density at radius 3 is 2.87 bits per heavy atom. The zero-order valence-electron chi connectivity index (χ0n) is 16.5. The van der Waals surface area contributed by atoms with Crippen LogP contribution in [-0.4, -0.2) is 39.0 Å². The number of nitrogens with zero attached hydrogens (tertiary/aromatic N) is 4. The van der Waals surface area contributed by atoms with Crippen molar-refractivity contribution in [1.29, 1.82) is 0 Å². The van der Waals surface area contributed by atoms with Crippen LogP contribution >= 0.6 is 0 Å². The van der Waals surface area contributed by atoms with Gasteiger partial charge in [-0.05, 0) is 49.7 Å². The molecule has 0 saturated carbocycles. The van der Waals surface area contributed by atoms with Crippen LogP contribution in [0.2, 0.25) is 0 Å². The highest BCUT2D eigenvalue weighted by Gasteiger charge is 2.27. The molecule has 1 atom stereocenters. The van der Waals surface area contributed by atoms with E-state index in [1.54, 1.807) is 18.2 Å². The third-order valence-electron chi connectivity index (χ3n) is 5.13. The summed E-state index contributed by atoms with van der Waals surface area (Å²) in [7, 11) is 0. The summed E-state index contributed by atoms with van der Waals surface area (Å²) in [5.74, 6) is 0.0245. The topological polar surface area (TPSA) is 114 Å². The van der Waals surface area contributed by atoms with E-state index in [-0.39, 0.29) is 23.3 Å². The maximum absolute atomic E-state index is 13.1. The lowest BCUT2D eigenvalue weighted by Gasteiger charge is -2.30. The highest BCUT2D eigenvalue weighted by Crippen LogP contribution is 2.23. The van der Waals surface area contributed by atoms with Crippen LogP contribution in [-0.2, 0) is 11.3 Å². The van der Waals surface area contributed by atoms with Crippen molar-refractivity contribution in [3.05, 3.63) is 70.4 Å². The molecule has 1 amide bonds. The lowest BCUT2D eigenvalue weighted by Crippen LogP contribution is -2.40. The highest BCUT2D eigenvalue weighted by molar-refractivity contribution is 5.93. The normalized spacial score (nSPS) is 16.7. The number of carbonyl (C=O) groups is 1. The van der Waals surface area contributed by atoms with Gasteiger partial charge >= 0.3 is 0 Å². The van der Waals surface area contributed by atoms with Crippen LogP contribution < -0.4 is 5.32 Å². The number of nitrogens with one attached hydrogen (secondary N) is 1. The average Bonchev–Trinajstić information content (AvgIpc) is 3.23. The second kappa shape index (κ2) is 9.00. The van der Waals surface area contributed by atoms with Crippen molar-refractivity contribution in [2.24, 2.45) is 5.92 Å². The molecule has 1 aliphatic heterocycles. The van der Waals surface area contributed by atoms with E-state index in [2.05, 4.69) is 20.4 Å². The number of nitro benzene ring substituents is 1. The molecule has 1 saturated heterocycles. The van der Waals surface area contributed by atoms with Crippen molar-refractivity contribution in [2.75, 3.05) is 18.4 Å². The van der Waals surface area contributed by atoms with Crippen LogP contribution in [0.4, 0.5) is 15.8 Å². The fourth-order valence-electron chi connectivity index (χ4n) is 3.58. The van der Waals surface area contributed by atoms with E-state index in [1.807, 2.05) is 0 Å². The van der Waals surface area contributed by atoms with Crippen LogP contribution in [0, 0.1) is 21.8 Å². The molecule has 0 spiro atoms. The lowest BCUT2D eigenvalue weighted by atomic mass is 9.97. The molecule has 1 N–H and O–H groups in total. The van der Waals surface area contributed by atoms with Gasteiger partial charge in [-0.1, -0.05) is 11.2 Å². The molecule has 0 aliphatic carbocycles. The van der Waals surface area contributed by atoms with Gasteiger partial charge in [0.1, 0.15) is 5.82 Å². The highest BCUT2D eigenvalue weighted by atomic mass is 19.1. The zero-order valence-corrected chi connectivity index (χ0v) is 16.5. The number of piperidine rings is 1. The number of likely N-dealkylation sites (tertiary alicyclic amines) is 1. The molecule has 9 nitrogen and oxygen atoms in total. The molecule has 160 valence electrons. The number of halogens is 1. The molecule has 1 fully saturated rings. The molecule has 1 aliphatic rings. The summed E-state index contributed by atoms with van der Waals surface area (Å²) in [5.41, 5.74) is 0.984. The van der Waals surface area contributed by atoms with Gasteiger partial charge in [-0.3, -0.25) is 19.8 Å². The smallest absolute Gasteiger partial charge is 0.271 e. The minimum Gasteiger partial charge on any atom is -0.338 e. The molecule has 10 heteroatoms. The first-order valence-corrected chi connectivity index (χ1v) is 9.84. The Bertz CT molecular complexity index is 1090. The summed E-state index contributed by atoms with van der Waals surface area (Å²) in [4.78, 5) is 29.5. The number of hydrogen-bond donors (Lipinski definition) is 1. The number of nitro groups is 1. The van der Waals surface area contributed by atoms with Gasteiger partial charge in [0.05, 0.1) is 17.4 Å². The Balaban J connectivity index is 1.36. The van der Waals surface area contributed by atoms with Crippen LogP contribution in [0.1, 0.15) is 18.7 Å². The Morgan fingerprint density at radius 1 is 1.29 bits per heavy atom. The van der Waals surface area contributed by atoms with Crippen LogP contribution in [0.15, 0.2) is 53.1 Å². The first kappa shape index (κ1) is 20.6. The predicted molar refractivity (Wildman–Crippen MR) is 109 cm³/mol. The van der Waals surface area contributed by atoms with Crippen molar-refractivity contribution >= 4 is 17.3 Å². The van der Waals surface area contributed by atoms with Gasteiger partial charge in [0.2, 0.25) is 17.6 Å². The molecular weight excluding hydrogens is 405 g/mol. The van der Waals surface area contributed by atoms with Crippen molar-refractivity contribution in [3.63, 3.8) is 0 Å². The van der Waals surface area contributed by atoms with E-state index in [1.165, 1.54) is 30.3 Å². The van der Waals surface area contributed by atoms with E-state index in [0.29, 0.717) is 36.1 Å². The van der Waals surface area contributed by atoms with E-state index in [0.717, 1.165) is 19.4 Å². The summed E-state index contributed by atoms with van der Waals surface area (Å²) >= 11 is 0. The molecular formula is C21H20FN5O4. The maximum Gasteiger partial charge on any atom is 0.271 e. The lowest BCUT2D eigenvalue weighted by molar-refractivity contribution is -0.384. The molecule has 1 unspecified atom stereocenters. The Kier molecular flexibility index (Phi) is 5.99. The number of carbonyl (C=O) groups excluding carboxylic acids is 1. The number of amides is 1. The number of rotatable bonds is 6. The SMILES string of the molecule is O=C(Nc1cccc([N+](=O)[O-])c1)C1CCCN(Cc2nc(-c3ccc(F)cc3)no2)C1. The maximum atomic E-state index is 13.1. The predicted octanol–water partition coefficient (Wildman–Crippen LogP) is 3.63. The van der Waals surface area contributed by atoms with Gasteiger partial charge < -0.3 is 9.84 Å². The minimum atomic E-state index is -0.497. The van der Waals surface area contributed by atoms with Gasteiger partial charge in [-0.25, -0.2) is 4.39 Å². The zero-order chi connectivity index (χ0) is 21.8. The number of aromatic nitrogens is 2. The van der Waals surface area contributed by atoms with Crippen molar-refractivity contribution in [1.82, 2.24) is 15.0 Å². The molecule has 3 aromatic rings. The first-order valence-electron chi connectivity index (χ1n) is 9.84. The first-order chi connectivity index (χ1) is 15.0. The summed E-state index contributed by atoms with van der Waals surface area (Å²) in [6.45, 7) is 1.69. The van der Waals surface area contributed by atoms with Crippen LogP contribution in [0.3, 0.4) is 0 Å². The van der Waals surface area contributed by atoms with Gasteiger partial charge in [0, 0.05) is 29.9 Å². The summed E-state index contributed by atoms with van der Waals surface area (Å²) in [6.07, 6.45) is 1.55. The second-order valence-corrected chi connectivity index (χ2v) is 7.39. The van der Waals surface area contributed by atoms with Gasteiger partial charge in [0.25, 0.3) is 5.69 Å². The molecule has 4 rings (SSSR count). The molecule has 31 heavy (non-hydrogen) atoms. The Morgan fingerprint density at radius 2 is 2.10 bits per heavy atom. The van der Waals surface area contributed by atoms with Crippen molar-refractivity contribution in [2.45, 2.75) is 19.4 Å². The quantitative estimate of drug-likeness (QED) is 0.474. The Labute approximate surface area is 177 Å². The molecule has 2 heterocycles. The van der Waals surface area contributed by atoms with E-state index >= 15 is 0 Å². The summed E-state index contributed by atoms with van der Waals surface area (Å²) in [6, 6.07) is 11.7. The fraction of sp³-hybridized carbons (Fsp3) is 0.286. The minimum absolute atomic E-state index is 0.0728. The van der Waals surface area contributed by atoms with E-state index in [9.17, 15) is 19.3 Å². The third kappa shape index (κ3) is 5.10. The Hall–Kier alpha value is -3.66.